The Morgan fingerprint density at radius 1 is 1.19 bits per heavy atom. The van der Waals surface area contributed by atoms with Crippen LogP contribution in [0.25, 0.3) is 6.08 Å². The van der Waals surface area contributed by atoms with Crippen molar-refractivity contribution in [1.82, 2.24) is 0 Å². The van der Waals surface area contributed by atoms with E-state index in [0.29, 0.717) is 16.9 Å². The number of phenols is 1. The van der Waals surface area contributed by atoms with Gasteiger partial charge in [-0.15, -0.1) is 0 Å². The molecule has 1 heterocycles. The molecule has 0 bridgehead atoms. The first kappa shape index (κ1) is 17.4. The molecule has 1 amide bonds. The molecule has 132 valence electrons. The molecule has 0 atom stereocenters. The van der Waals surface area contributed by atoms with E-state index < -0.39 is 17.7 Å². The number of allylic oxidation sites excluding steroid dienone is 1. The highest BCUT2D eigenvalue weighted by Crippen LogP contribution is 2.35. The summed E-state index contributed by atoms with van der Waals surface area (Å²) in [5, 5.41) is 9.62. The van der Waals surface area contributed by atoms with Crippen LogP contribution >= 0.6 is 0 Å². The summed E-state index contributed by atoms with van der Waals surface area (Å²) in [4.78, 5) is 26.6. The standard InChI is InChI=1S/C20H16FNO4/c1-12-18(20(25)26-2)17(11-13-4-3-5-16(23)10-13)19(24)22(12)15-8-6-14(21)7-9-15/h3-11,23H,1-2H3/b17-11-. The molecule has 1 aliphatic heterocycles. The van der Waals surface area contributed by atoms with Crippen molar-refractivity contribution < 1.29 is 23.8 Å². The second-order valence-corrected chi connectivity index (χ2v) is 5.72. The molecule has 0 aromatic heterocycles. The van der Waals surface area contributed by atoms with Gasteiger partial charge in [0, 0.05) is 11.4 Å². The van der Waals surface area contributed by atoms with Crippen LogP contribution in [0.15, 0.2) is 65.4 Å². The van der Waals surface area contributed by atoms with Crippen molar-refractivity contribution in [1.29, 1.82) is 0 Å². The number of benzene rings is 2. The average Bonchev–Trinajstić information content (AvgIpc) is 2.86. The SMILES string of the molecule is COC(=O)C1=C(C)N(c2ccc(F)cc2)C(=O)/C1=C\c1cccc(O)c1. The second-order valence-electron chi connectivity index (χ2n) is 5.72. The first-order valence-corrected chi connectivity index (χ1v) is 7.82. The lowest BCUT2D eigenvalue weighted by molar-refractivity contribution is -0.136. The van der Waals surface area contributed by atoms with Crippen molar-refractivity contribution in [3.05, 3.63) is 76.8 Å². The van der Waals surface area contributed by atoms with E-state index >= 15 is 0 Å². The lowest BCUT2D eigenvalue weighted by Crippen LogP contribution is -2.24. The van der Waals surface area contributed by atoms with Crippen LogP contribution in [0.5, 0.6) is 5.75 Å². The molecule has 0 unspecified atom stereocenters. The molecule has 3 rings (SSSR count). The predicted molar refractivity (Wildman–Crippen MR) is 94.7 cm³/mol. The van der Waals surface area contributed by atoms with Gasteiger partial charge in [0.05, 0.1) is 18.3 Å². The van der Waals surface area contributed by atoms with Gasteiger partial charge >= 0.3 is 5.97 Å². The maximum Gasteiger partial charge on any atom is 0.340 e. The van der Waals surface area contributed by atoms with E-state index in [4.69, 9.17) is 4.74 Å². The van der Waals surface area contributed by atoms with Gasteiger partial charge in [-0.05, 0) is 55.0 Å². The van der Waals surface area contributed by atoms with E-state index in [0.717, 1.165) is 0 Å². The molecule has 0 radical (unpaired) electrons. The summed E-state index contributed by atoms with van der Waals surface area (Å²) >= 11 is 0. The summed E-state index contributed by atoms with van der Waals surface area (Å²) in [6.07, 6.45) is 1.52. The van der Waals surface area contributed by atoms with E-state index in [9.17, 15) is 19.1 Å². The van der Waals surface area contributed by atoms with Crippen molar-refractivity contribution in [2.75, 3.05) is 12.0 Å². The van der Waals surface area contributed by atoms with Crippen LogP contribution in [-0.2, 0) is 14.3 Å². The molecule has 0 aliphatic carbocycles. The molecular formula is C20H16FNO4. The van der Waals surface area contributed by atoms with E-state index in [-0.39, 0.29) is 16.9 Å². The van der Waals surface area contributed by atoms with Crippen molar-refractivity contribution in [2.45, 2.75) is 6.92 Å². The number of rotatable bonds is 3. The Bertz CT molecular complexity index is 945. The number of esters is 1. The first-order valence-electron chi connectivity index (χ1n) is 7.82. The monoisotopic (exact) mass is 353 g/mol. The Morgan fingerprint density at radius 2 is 1.88 bits per heavy atom. The molecular weight excluding hydrogens is 337 g/mol. The fourth-order valence-electron chi connectivity index (χ4n) is 2.86. The highest BCUT2D eigenvalue weighted by Gasteiger charge is 2.37. The Kier molecular flexibility index (Phi) is 4.58. The molecule has 0 saturated heterocycles. The molecule has 1 N–H and O–H groups in total. The zero-order chi connectivity index (χ0) is 18.8. The minimum absolute atomic E-state index is 0.0421. The summed E-state index contributed by atoms with van der Waals surface area (Å²) in [6.45, 7) is 1.62. The van der Waals surface area contributed by atoms with Crippen molar-refractivity contribution >= 4 is 23.6 Å². The summed E-state index contributed by atoms with van der Waals surface area (Å²) in [6, 6.07) is 11.7. The van der Waals surface area contributed by atoms with Crippen molar-refractivity contribution in [3.8, 4) is 5.75 Å². The third kappa shape index (κ3) is 3.09. The number of hydrogen-bond donors (Lipinski definition) is 1. The molecule has 0 saturated carbocycles. The minimum atomic E-state index is -0.646. The summed E-state index contributed by atoms with van der Waals surface area (Å²) in [7, 11) is 1.24. The van der Waals surface area contributed by atoms with Crippen molar-refractivity contribution in [3.63, 3.8) is 0 Å². The lowest BCUT2D eigenvalue weighted by Gasteiger charge is -2.17. The van der Waals surface area contributed by atoms with Gasteiger partial charge in [-0.2, -0.15) is 0 Å². The molecule has 0 spiro atoms. The van der Waals surface area contributed by atoms with E-state index in [1.54, 1.807) is 19.1 Å². The number of anilines is 1. The van der Waals surface area contributed by atoms with Gasteiger partial charge in [-0.1, -0.05) is 12.1 Å². The number of aromatic hydroxyl groups is 1. The predicted octanol–water partition coefficient (Wildman–Crippen LogP) is 3.41. The van der Waals surface area contributed by atoms with Gasteiger partial charge in [0.1, 0.15) is 11.6 Å². The van der Waals surface area contributed by atoms with Crippen LogP contribution in [0.3, 0.4) is 0 Å². The fourth-order valence-corrected chi connectivity index (χ4v) is 2.86. The molecule has 1 aliphatic rings. The van der Waals surface area contributed by atoms with Gasteiger partial charge in [0.25, 0.3) is 5.91 Å². The Morgan fingerprint density at radius 3 is 2.50 bits per heavy atom. The summed E-state index contributed by atoms with van der Waals surface area (Å²) in [5.74, 6) is -1.46. The van der Waals surface area contributed by atoms with Crippen LogP contribution in [-0.4, -0.2) is 24.1 Å². The lowest BCUT2D eigenvalue weighted by atomic mass is 10.0. The normalized spacial score (nSPS) is 15.7. The molecule has 26 heavy (non-hydrogen) atoms. The maximum atomic E-state index is 13.2. The van der Waals surface area contributed by atoms with Gasteiger partial charge in [-0.25, -0.2) is 9.18 Å². The van der Waals surface area contributed by atoms with Crippen LogP contribution in [0.4, 0.5) is 10.1 Å². The number of ether oxygens (including phenoxy) is 1. The van der Waals surface area contributed by atoms with E-state index in [2.05, 4.69) is 0 Å². The highest BCUT2D eigenvalue weighted by molar-refractivity contribution is 6.23. The number of hydrogen-bond acceptors (Lipinski definition) is 4. The number of amides is 1. The third-order valence-electron chi connectivity index (χ3n) is 4.06. The average molecular weight is 353 g/mol. The molecule has 5 nitrogen and oxygen atoms in total. The molecule has 6 heteroatoms. The molecule has 2 aromatic rings. The van der Waals surface area contributed by atoms with Gasteiger partial charge in [0.15, 0.2) is 0 Å². The number of methoxy groups -OCH3 is 1. The van der Waals surface area contributed by atoms with Crippen LogP contribution in [0.2, 0.25) is 0 Å². The smallest absolute Gasteiger partial charge is 0.340 e. The van der Waals surface area contributed by atoms with Crippen LogP contribution in [0.1, 0.15) is 12.5 Å². The minimum Gasteiger partial charge on any atom is -0.508 e. The van der Waals surface area contributed by atoms with E-state index in [1.807, 2.05) is 0 Å². The first-order chi connectivity index (χ1) is 12.4. The Labute approximate surface area is 149 Å². The third-order valence-corrected chi connectivity index (χ3v) is 4.06. The number of phenolic OH excluding ortho intramolecular Hbond substituents is 1. The number of halogens is 1. The Hall–Kier alpha value is -3.41. The highest BCUT2D eigenvalue weighted by atomic mass is 19.1. The molecule has 2 aromatic carbocycles. The zero-order valence-corrected chi connectivity index (χ0v) is 14.2. The zero-order valence-electron chi connectivity index (χ0n) is 14.2. The molecule has 0 fully saturated rings. The van der Waals surface area contributed by atoms with Gasteiger partial charge < -0.3 is 9.84 Å². The Balaban J connectivity index is 2.13. The second kappa shape index (κ2) is 6.84. The quantitative estimate of drug-likeness (QED) is 0.678. The number of carbonyl (C=O) groups excluding carboxylic acids is 2. The number of nitrogens with zero attached hydrogens (tertiary/aromatic N) is 1. The summed E-state index contributed by atoms with van der Waals surface area (Å²) in [5.41, 5.74) is 1.66. The number of carbonyl (C=O) groups is 2. The van der Waals surface area contributed by atoms with Gasteiger partial charge in [0.2, 0.25) is 0 Å². The largest absolute Gasteiger partial charge is 0.508 e. The van der Waals surface area contributed by atoms with Gasteiger partial charge in [-0.3, -0.25) is 9.69 Å². The van der Waals surface area contributed by atoms with E-state index in [1.165, 1.54) is 54.5 Å². The van der Waals surface area contributed by atoms with Crippen LogP contribution in [0, 0.1) is 5.82 Å². The van der Waals surface area contributed by atoms with Crippen LogP contribution < -0.4 is 4.90 Å². The maximum absolute atomic E-state index is 13.2. The summed E-state index contributed by atoms with van der Waals surface area (Å²) < 4.78 is 18.0. The van der Waals surface area contributed by atoms with Crippen molar-refractivity contribution in [2.24, 2.45) is 0 Å². The topological polar surface area (TPSA) is 66.8 Å². The fraction of sp³-hybridized carbons (Fsp3) is 0.100.